The average Bonchev–Trinajstić information content (AvgIpc) is 2.77. The smallest absolute Gasteiger partial charge is 0.274 e. The molecule has 4 rings (SSSR count). The van der Waals surface area contributed by atoms with Gasteiger partial charge in [-0.05, 0) is 24.1 Å². The second-order valence-electron chi connectivity index (χ2n) is 7.28. The topological polar surface area (TPSA) is 61.4 Å². The van der Waals surface area contributed by atoms with Crippen molar-refractivity contribution < 1.29 is 4.79 Å². The van der Waals surface area contributed by atoms with E-state index in [9.17, 15) is 4.79 Å². The number of aryl methyl sites for hydroxylation is 1. The number of rotatable bonds is 5. The van der Waals surface area contributed by atoms with Crippen molar-refractivity contribution in [1.82, 2.24) is 19.8 Å². The van der Waals surface area contributed by atoms with E-state index >= 15 is 0 Å². The van der Waals surface area contributed by atoms with Crippen LogP contribution in [0.15, 0.2) is 67.0 Å². The molecule has 0 saturated carbocycles. The number of aromatic nitrogens is 2. The van der Waals surface area contributed by atoms with Gasteiger partial charge in [-0.2, -0.15) is 0 Å². The molecule has 1 saturated heterocycles. The molecule has 0 bridgehead atoms. The summed E-state index contributed by atoms with van der Waals surface area (Å²) < 4.78 is 0. The van der Waals surface area contributed by atoms with Crippen LogP contribution in [0.1, 0.15) is 21.6 Å². The molecule has 0 unspecified atom stereocenters. The van der Waals surface area contributed by atoms with Crippen LogP contribution < -0.4 is 5.32 Å². The van der Waals surface area contributed by atoms with Crippen molar-refractivity contribution >= 4 is 17.4 Å². The number of amides is 1. The summed E-state index contributed by atoms with van der Waals surface area (Å²) >= 11 is 0. The van der Waals surface area contributed by atoms with Gasteiger partial charge in [0.15, 0.2) is 0 Å². The molecule has 29 heavy (non-hydrogen) atoms. The summed E-state index contributed by atoms with van der Waals surface area (Å²) in [5, 5.41) is 3.24. The molecular weight excluding hydrogens is 362 g/mol. The fourth-order valence-electron chi connectivity index (χ4n) is 3.47. The molecule has 148 valence electrons. The van der Waals surface area contributed by atoms with Crippen LogP contribution in [0.5, 0.6) is 0 Å². The maximum absolute atomic E-state index is 12.8. The van der Waals surface area contributed by atoms with E-state index in [2.05, 4.69) is 44.5 Å². The van der Waals surface area contributed by atoms with Gasteiger partial charge >= 0.3 is 0 Å². The van der Waals surface area contributed by atoms with Crippen molar-refractivity contribution in [3.63, 3.8) is 0 Å². The van der Waals surface area contributed by atoms with Gasteiger partial charge in [0.2, 0.25) is 0 Å². The summed E-state index contributed by atoms with van der Waals surface area (Å²) in [5.41, 5.74) is 3.80. The van der Waals surface area contributed by atoms with Gasteiger partial charge < -0.3 is 10.2 Å². The highest BCUT2D eigenvalue weighted by Gasteiger charge is 2.23. The Hall–Kier alpha value is -3.25. The first-order valence-corrected chi connectivity index (χ1v) is 9.89. The van der Waals surface area contributed by atoms with Gasteiger partial charge in [-0.15, -0.1) is 0 Å². The first kappa shape index (κ1) is 19.1. The molecule has 1 aliphatic heterocycles. The average molecular weight is 387 g/mol. The molecule has 0 spiro atoms. The molecule has 1 fully saturated rings. The third-order valence-corrected chi connectivity index (χ3v) is 5.19. The Morgan fingerprint density at radius 2 is 1.66 bits per heavy atom. The lowest BCUT2D eigenvalue weighted by atomic mass is 10.2. The number of carbonyl (C=O) groups excluding carboxylic acids is 1. The van der Waals surface area contributed by atoms with Gasteiger partial charge in [-0.1, -0.05) is 48.5 Å². The third kappa shape index (κ3) is 4.78. The standard InChI is InChI=1S/C23H25N5O/c1-18-7-5-6-10-20(18)26-22-16-24-21(15-25-22)23(29)28-13-11-27(12-14-28)17-19-8-3-2-4-9-19/h2-10,15-16H,11-14,17H2,1H3,(H,25,26). The van der Waals surface area contributed by atoms with E-state index in [0.29, 0.717) is 24.6 Å². The van der Waals surface area contributed by atoms with Crippen molar-refractivity contribution in [3.8, 4) is 0 Å². The minimum absolute atomic E-state index is 0.0562. The number of hydrogen-bond donors (Lipinski definition) is 1. The highest BCUT2D eigenvalue weighted by Crippen LogP contribution is 2.18. The van der Waals surface area contributed by atoms with E-state index < -0.39 is 0 Å². The summed E-state index contributed by atoms with van der Waals surface area (Å²) in [6.45, 7) is 6.09. The molecule has 2 aromatic carbocycles. The molecule has 1 aromatic heterocycles. The Morgan fingerprint density at radius 3 is 2.34 bits per heavy atom. The van der Waals surface area contributed by atoms with Crippen LogP contribution in [-0.2, 0) is 6.54 Å². The lowest BCUT2D eigenvalue weighted by Crippen LogP contribution is -2.48. The Labute approximate surface area is 171 Å². The SMILES string of the molecule is Cc1ccccc1Nc1cnc(C(=O)N2CCN(Cc3ccccc3)CC2)cn1. The van der Waals surface area contributed by atoms with Crippen molar-refractivity contribution in [2.45, 2.75) is 13.5 Å². The molecule has 0 atom stereocenters. The third-order valence-electron chi connectivity index (χ3n) is 5.19. The minimum Gasteiger partial charge on any atom is -0.339 e. The number of hydrogen-bond acceptors (Lipinski definition) is 5. The number of anilines is 2. The number of benzene rings is 2. The van der Waals surface area contributed by atoms with Crippen LogP contribution >= 0.6 is 0 Å². The first-order chi connectivity index (χ1) is 14.2. The van der Waals surface area contributed by atoms with Crippen molar-refractivity contribution in [2.24, 2.45) is 0 Å². The van der Waals surface area contributed by atoms with Crippen LogP contribution in [0.3, 0.4) is 0 Å². The fraction of sp³-hybridized carbons (Fsp3) is 0.261. The molecular formula is C23H25N5O. The fourth-order valence-corrected chi connectivity index (χ4v) is 3.47. The van der Waals surface area contributed by atoms with Gasteiger partial charge in [-0.3, -0.25) is 9.69 Å². The lowest BCUT2D eigenvalue weighted by Gasteiger charge is -2.34. The number of carbonyl (C=O) groups is 1. The molecule has 6 nitrogen and oxygen atoms in total. The number of nitrogens with zero attached hydrogens (tertiary/aromatic N) is 4. The summed E-state index contributed by atoms with van der Waals surface area (Å²) in [4.78, 5) is 25.7. The number of nitrogens with one attached hydrogen (secondary N) is 1. The van der Waals surface area contributed by atoms with Gasteiger partial charge in [-0.25, -0.2) is 9.97 Å². The zero-order valence-electron chi connectivity index (χ0n) is 16.6. The van der Waals surface area contributed by atoms with E-state index in [0.717, 1.165) is 30.9 Å². The second-order valence-corrected chi connectivity index (χ2v) is 7.28. The van der Waals surface area contributed by atoms with Crippen LogP contribution in [0.2, 0.25) is 0 Å². The van der Waals surface area contributed by atoms with Gasteiger partial charge in [0.1, 0.15) is 11.5 Å². The van der Waals surface area contributed by atoms with Crippen molar-refractivity contribution in [1.29, 1.82) is 0 Å². The predicted molar refractivity (Wildman–Crippen MR) is 114 cm³/mol. The molecule has 1 amide bonds. The second kappa shape index (κ2) is 8.84. The zero-order valence-corrected chi connectivity index (χ0v) is 16.6. The van der Waals surface area contributed by atoms with Crippen molar-refractivity contribution in [3.05, 3.63) is 83.8 Å². The van der Waals surface area contributed by atoms with Crippen LogP contribution in [0.4, 0.5) is 11.5 Å². The maximum atomic E-state index is 12.8. The lowest BCUT2D eigenvalue weighted by molar-refractivity contribution is 0.0622. The molecule has 0 radical (unpaired) electrons. The highest BCUT2D eigenvalue weighted by atomic mass is 16.2. The van der Waals surface area contributed by atoms with E-state index in [1.165, 1.54) is 5.56 Å². The molecule has 1 aliphatic rings. The van der Waals surface area contributed by atoms with Gasteiger partial charge in [0.05, 0.1) is 12.4 Å². The van der Waals surface area contributed by atoms with Gasteiger partial charge in [0, 0.05) is 38.4 Å². The molecule has 6 heteroatoms. The molecule has 1 N–H and O–H groups in total. The van der Waals surface area contributed by atoms with E-state index in [4.69, 9.17) is 0 Å². The normalized spacial score (nSPS) is 14.6. The zero-order chi connectivity index (χ0) is 20.1. The number of para-hydroxylation sites is 1. The monoisotopic (exact) mass is 387 g/mol. The van der Waals surface area contributed by atoms with Crippen LogP contribution in [0.25, 0.3) is 0 Å². The highest BCUT2D eigenvalue weighted by molar-refractivity contribution is 5.92. The predicted octanol–water partition coefficient (Wildman–Crippen LogP) is 3.49. The van der Waals surface area contributed by atoms with Crippen LogP contribution in [0, 0.1) is 6.92 Å². The number of piperazine rings is 1. The van der Waals surface area contributed by atoms with E-state index in [1.807, 2.05) is 42.2 Å². The quantitative estimate of drug-likeness (QED) is 0.726. The van der Waals surface area contributed by atoms with E-state index in [-0.39, 0.29) is 5.91 Å². The van der Waals surface area contributed by atoms with E-state index in [1.54, 1.807) is 12.4 Å². The molecule has 0 aliphatic carbocycles. The Kier molecular flexibility index (Phi) is 5.81. The minimum atomic E-state index is -0.0562. The molecule has 2 heterocycles. The largest absolute Gasteiger partial charge is 0.339 e. The summed E-state index contributed by atoms with van der Waals surface area (Å²) in [6.07, 6.45) is 3.17. The molecule has 3 aromatic rings. The Bertz CT molecular complexity index is 951. The summed E-state index contributed by atoms with van der Waals surface area (Å²) in [6, 6.07) is 18.4. The van der Waals surface area contributed by atoms with Crippen molar-refractivity contribution in [2.75, 3.05) is 31.5 Å². The Balaban J connectivity index is 1.32. The summed E-state index contributed by atoms with van der Waals surface area (Å²) in [7, 11) is 0. The van der Waals surface area contributed by atoms with Gasteiger partial charge in [0.25, 0.3) is 5.91 Å². The first-order valence-electron chi connectivity index (χ1n) is 9.89. The Morgan fingerprint density at radius 1 is 0.931 bits per heavy atom. The van der Waals surface area contributed by atoms with Crippen LogP contribution in [-0.4, -0.2) is 51.9 Å². The maximum Gasteiger partial charge on any atom is 0.274 e. The summed E-state index contributed by atoms with van der Waals surface area (Å²) in [5.74, 6) is 0.572.